The number of hydrogen-bond acceptors (Lipinski definition) is 4. The van der Waals surface area contributed by atoms with Gasteiger partial charge >= 0.3 is 0 Å². The molecule has 148 valence electrons. The smallest absolute Gasteiger partial charge is 0.251 e. The number of ether oxygens (including phenoxy) is 1. The highest BCUT2D eigenvalue weighted by atomic mass is 16.5. The Morgan fingerprint density at radius 3 is 2.40 bits per heavy atom. The summed E-state index contributed by atoms with van der Waals surface area (Å²) in [6.07, 6.45) is 2.25. The van der Waals surface area contributed by atoms with E-state index in [1.54, 1.807) is 30.3 Å². The Morgan fingerprint density at radius 2 is 1.60 bits per heavy atom. The van der Waals surface area contributed by atoms with E-state index in [-0.39, 0.29) is 5.91 Å². The van der Waals surface area contributed by atoms with Gasteiger partial charge in [0, 0.05) is 23.7 Å². The molecular formula is C25H21N3O2. The summed E-state index contributed by atoms with van der Waals surface area (Å²) in [6, 6.07) is 28.7. The van der Waals surface area contributed by atoms with Crippen molar-refractivity contribution in [1.29, 1.82) is 0 Å². The summed E-state index contributed by atoms with van der Waals surface area (Å²) in [4.78, 5) is 21.0. The van der Waals surface area contributed by atoms with Crippen LogP contribution >= 0.6 is 0 Å². The largest absolute Gasteiger partial charge is 0.439 e. The van der Waals surface area contributed by atoms with Gasteiger partial charge in [0.25, 0.3) is 5.91 Å². The van der Waals surface area contributed by atoms with E-state index >= 15 is 0 Å². The molecular weight excluding hydrogens is 374 g/mol. The normalized spacial score (nSPS) is 10.4. The van der Waals surface area contributed by atoms with E-state index in [0.29, 0.717) is 23.7 Å². The van der Waals surface area contributed by atoms with Crippen LogP contribution in [0.5, 0.6) is 11.6 Å². The average molecular weight is 395 g/mol. The lowest BCUT2D eigenvalue weighted by Gasteiger charge is -2.09. The zero-order chi connectivity index (χ0) is 20.6. The third-order valence-electron chi connectivity index (χ3n) is 4.57. The third kappa shape index (κ3) is 5.08. The fraction of sp³-hybridized carbons (Fsp3) is 0.0800. The van der Waals surface area contributed by atoms with Crippen molar-refractivity contribution in [1.82, 2.24) is 15.3 Å². The zero-order valence-electron chi connectivity index (χ0n) is 16.4. The van der Waals surface area contributed by atoms with Gasteiger partial charge in [0.1, 0.15) is 12.1 Å². The number of carbonyl (C=O) groups excluding carboxylic acids is 1. The van der Waals surface area contributed by atoms with Gasteiger partial charge in [-0.3, -0.25) is 4.79 Å². The molecule has 1 heterocycles. The second kappa shape index (κ2) is 9.47. The molecule has 0 aliphatic heterocycles. The van der Waals surface area contributed by atoms with Crippen LogP contribution in [0.1, 0.15) is 15.9 Å². The first-order valence-electron chi connectivity index (χ1n) is 9.75. The molecule has 0 atom stereocenters. The number of amides is 1. The van der Waals surface area contributed by atoms with Crippen molar-refractivity contribution in [3.8, 4) is 22.9 Å². The summed E-state index contributed by atoms with van der Waals surface area (Å²) < 4.78 is 5.87. The Hall–Kier alpha value is -3.99. The Balaban J connectivity index is 1.40. The van der Waals surface area contributed by atoms with Gasteiger partial charge in [-0.15, -0.1) is 0 Å². The van der Waals surface area contributed by atoms with E-state index in [9.17, 15) is 4.79 Å². The van der Waals surface area contributed by atoms with Crippen molar-refractivity contribution >= 4 is 5.91 Å². The summed E-state index contributed by atoms with van der Waals surface area (Å²) >= 11 is 0. The second-order valence-corrected chi connectivity index (χ2v) is 6.73. The molecule has 5 heteroatoms. The number of hydrogen-bond donors (Lipinski definition) is 1. The molecule has 0 fully saturated rings. The molecule has 0 unspecified atom stereocenters. The van der Waals surface area contributed by atoms with Crippen molar-refractivity contribution in [2.24, 2.45) is 0 Å². The summed E-state index contributed by atoms with van der Waals surface area (Å²) in [5.74, 6) is 0.831. The van der Waals surface area contributed by atoms with Crippen LogP contribution in [-0.2, 0) is 6.42 Å². The van der Waals surface area contributed by atoms with Gasteiger partial charge < -0.3 is 10.1 Å². The van der Waals surface area contributed by atoms with E-state index in [1.807, 2.05) is 60.7 Å². The van der Waals surface area contributed by atoms with Crippen LogP contribution in [0.25, 0.3) is 11.3 Å². The molecule has 3 aromatic carbocycles. The molecule has 4 aromatic rings. The topological polar surface area (TPSA) is 64.1 Å². The van der Waals surface area contributed by atoms with E-state index in [1.165, 1.54) is 11.9 Å². The Morgan fingerprint density at radius 1 is 0.833 bits per heavy atom. The highest BCUT2D eigenvalue weighted by Gasteiger charge is 2.08. The summed E-state index contributed by atoms with van der Waals surface area (Å²) in [6.45, 7) is 0.570. The van der Waals surface area contributed by atoms with E-state index in [4.69, 9.17) is 4.74 Å². The zero-order valence-corrected chi connectivity index (χ0v) is 16.4. The van der Waals surface area contributed by atoms with Gasteiger partial charge in [0.15, 0.2) is 0 Å². The Labute approximate surface area is 175 Å². The molecule has 0 spiro atoms. The van der Waals surface area contributed by atoms with Gasteiger partial charge in [-0.1, -0.05) is 66.7 Å². The fourth-order valence-corrected chi connectivity index (χ4v) is 3.05. The van der Waals surface area contributed by atoms with Crippen molar-refractivity contribution < 1.29 is 9.53 Å². The Bertz CT molecular complexity index is 1120. The van der Waals surface area contributed by atoms with Gasteiger partial charge in [0.2, 0.25) is 5.88 Å². The van der Waals surface area contributed by atoms with E-state index in [0.717, 1.165) is 17.7 Å². The van der Waals surface area contributed by atoms with Crippen LogP contribution < -0.4 is 10.1 Å². The van der Waals surface area contributed by atoms with Crippen LogP contribution in [0.4, 0.5) is 0 Å². The number of aromatic nitrogens is 2. The molecule has 30 heavy (non-hydrogen) atoms. The summed E-state index contributed by atoms with van der Waals surface area (Å²) in [7, 11) is 0. The molecule has 5 nitrogen and oxygen atoms in total. The van der Waals surface area contributed by atoms with Crippen molar-refractivity contribution in [2.75, 3.05) is 6.54 Å². The fourth-order valence-electron chi connectivity index (χ4n) is 3.05. The van der Waals surface area contributed by atoms with Gasteiger partial charge in [0.05, 0.1) is 5.69 Å². The highest BCUT2D eigenvalue weighted by Crippen LogP contribution is 2.24. The molecule has 0 aliphatic rings. The second-order valence-electron chi connectivity index (χ2n) is 6.73. The maximum absolute atomic E-state index is 12.5. The van der Waals surface area contributed by atoms with Crippen molar-refractivity contribution in [3.05, 3.63) is 108 Å². The first-order valence-corrected chi connectivity index (χ1v) is 9.75. The predicted octanol–water partition coefficient (Wildman–Crippen LogP) is 4.91. The first-order chi connectivity index (χ1) is 14.8. The molecule has 1 N–H and O–H groups in total. The van der Waals surface area contributed by atoms with Crippen LogP contribution in [-0.4, -0.2) is 22.4 Å². The molecule has 0 bridgehead atoms. The summed E-state index contributed by atoms with van der Waals surface area (Å²) in [5.41, 5.74) is 3.48. The minimum Gasteiger partial charge on any atom is -0.439 e. The maximum Gasteiger partial charge on any atom is 0.251 e. The molecule has 4 rings (SSSR count). The lowest BCUT2D eigenvalue weighted by Crippen LogP contribution is -2.25. The maximum atomic E-state index is 12.5. The molecule has 1 amide bonds. The number of benzene rings is 3. The highest BCUT2D eigenvalue weighted by molar-refractivity contribution is 5.94. The van der Waals surface area contributed by atoms with Gasteiger partial charge in [-0.2, -0.15) is 0 Å². The Kier molecular flexibility index (Phi) is 6.11. The minimum absolute atomic E-state index is 0.135. The van der Waals surface area contributed by atoms with Crippen molar-refractivity contribution in [2.45, 2.75) is 6.42 Å². The molecule has 1 aromatic heterocycles. The average Bonchev–Trinajstić information content (AvgIpc) is 2.81. The third-order valence-corrected chi connectivity index (χ3v) is 4.57. The van der Waals surface area contributed by atoms with Gasteiger partial charge in [-0.25, -0.2) is 9.97 Å². The van der Waals surface area contributed by atoms with Crippen LogP contribution in [0.3, 0.4) is 0 Å². The first kappa shape index (κ1) is 19.3. The summed E-state index contributed by atoms with van der Waals surface area (Å²) in [5, 5.41) is 2.95. The minimum atomic E-state index is -0.135. The van der Waals surface area contributed by atoms with Crippen LogP contribution in [0, 0.1) is 0 Å². The van der Waals surface area contributed by atoms with E-state index < -0.39 is 0 Å². The monoisotopic (exact) mass is 395 g/mol. The number of nitrogens with one attached hydrogen (secondary N) is 1. The standard InChI is InChI=1S/C25H21N3O2/c29-25(26-15-14-19-8-3-1-4-9-19)21-12-7-13-22(16-21)30-24-17-23(27-18-28-24)20-10-5-2-6-11-20/h1-13,16-18H,14-15H2,(H,26,29). The van der Waals surface area contributed by atoms with Crippen LogP contribution in [0.2, 0.25) is 0 Å². The predicted molar refractivity (Wildman–Crippen MR) is 116 cm³/mol. The number of carbonyl (C=O) groups is 1. The molecule has 0 radical (unpaired) electrons. The van der Waals surface area contributed by atoms with E-state index in [2.05, 4.69) is 15.3 Å². The molecule has 0 aliphatic carbocycles. The number of nitrogens with zero attached hydrogens (tertiary/aromatic N) is 2. The molecule has 0 saturated heterocycles. The quantitative estimate of drug-likeness (QED) is 0.483. The lowest BCUT2D eigenvalue weighted by atomic mass is 10.1. The SMILES string of the molecule is O=C(NCCc1ccccc1)c1cccc(Oc2cc(-c3ccccc3)ncn2)c1. The van der Waals surface area contributed by atoms with Crippen molar-refractivity contribution in [3.63, 3.8) is 0 Å². The lowest BCUT2D eigenvalue weighted by molar-refractivity contribution is 0.0954. The molecule has 0 saturated carbocycles. The van der Waals surface area contributed by atoms with Gasteiger partial charge in [-0.05, 0) is 30.2 Å². The van der Waals surface area contributed by atoms with Crippen LogP contribution in [0.15, 0.2) is 97.3 Å². The number of rotatable bonds is 7.